The summed E-state index contributed by atoms with van der Waals surface area (Å²) >= 11 is 0. The molecule has 4 nitrogen and oxygen atoms in total. The highest BCUT2D eigenvalue weighted by Gasteiger charge is 2.32. The fraction of sp³-hybridized carbons (Fsp3) is 1.00. The van der Waals surface area contributed by atoms with E-state index in [2.05, 4.69) is 6.92 Å². The Bertz CT molecular complexity index is 131. The van der Waals surface area contributed by atoms with Crippen LogP contribution in [0.1, 0.15) is 20.3 Å². The van der Waals surface area contributed by atoms with Gasteiger partial charge in [-0.2, -0.15) is 0 Å². The van der Waals surface area contributed by atoms with Crippen molar-refractivity contribution in [2.45, 2.75) is 37.9 Å². The summed E-state index contributed by atoms with van der Waals surface area (Å²) in [5, 5.41) is 0. The lowest BCUT2D eigenvalue weighted by molar-refractivity contribution is 0.251. The van der Waals surface area contributed by atoms with Crippen LogP contribution in [0.5, 0.6) is 0 Å². The smallest absolute Gasteiger partial charge is 0.327 e. The van der Waals surface area contributed by atoms with Crippen LogP contribution in [0.3, 0.4) is 0 Å². The van der Waals surface area contributed by atoms with Gasteiger partial charge in [-0.05, 0) is 13.3 Å². The largest absolute Gasteiger partial charge is 0.400 e. The van der Waals surface area contributed by atoms with Gasteiger partial charge in [-0.1, -0.05) is 6.92 Å². The summed E-state index contributed by atoms with van der Waals surface area (Å²) in [6.45, 7) is 4.01. The maximum absolute atomic E-state index is 5.96. The summed E-state index contributed by atoms with van der Waals surface area (Å²) in [5.41, 5.74) is 12.0. The second-order valence-electron chi connectivity index (χ2n) is 3.35. The van der Waals surface area contributed by atoms with Crippen LogP contribution in [0.25, 0.3) is 0 Å². The highest BCUT2D eigenvalue weighted by atomic mass is 28.3. The predicted octanol–water partition coefficient (Wildman–Crippen LogP) is -0.0456. The van der Waals surface area contributed by atoms with Gasteiger partial charge in [-0.15, -0.1) is 0 Å². The minimum atomic E-state index is -1.69. The molecule has 0 rings (SSSR count). The number of nitrogens with two attached hydrogens (primary N) is 2. The molecule has 5 heteroatoms. The Hall–Kier alpha value is 0.0569. The van der Waals surface area contributed by atoms with E-state index in [1.807, 2.05) is 6.92 Å². The Labute approximate surface area is 82.4 Å². The zero-order valence-electron chi connectivity index (χ0n) is 8.99. The average Bonchev–Trinajstić information content (AvgIpc) is 2.12. The first-order chi connectivity index (χ1) is 6.08. The summed E-state index contributed by atoms with van der Waals surface area (Å²) in [6.07, 6.45) is 0.905. The monoisotopic (exact) mass is 206 g/mol. The van der Waals surface area contributed by atoms with Gasteiger partial charge in [-0.25, -0.2) is 0 Å². The lowest BCUT2D eigenvalue weighted by Gasteiger charge is -2.30. The molecular weight excluding hydrogens is 184 g/mol. The Balaban J connectivity index is 4.38. The topological polar surface area (TPSA) is 70.5 Å². The van der Waals surface area contributed by atoms with Crippen LogP contribution in [0.2, 0.25) is 5.54 Å². The van der Waals surface area contributed by atoms with Crippen molar-refractivity contribution in [3.05, 3.63) is 0 Å². The van der Waals surface area contributed by atoms with E-state index in [0.29, 0.717) is 0 Å². The maximum atomic E-state index is 5.96. The second kappa shape index (κ2) is 6.50. The van der Waals surface area contributed by atoms with Crippen molar-refractivity contribution in [1.82, 2.24) is 0 Å². The number of hydrogen-bond acceptors (Lipinski definition) is 4. The van der Waals surface area contributed by atoms with Gasteiger partial charge in [0.15, 0.2) is 0 Å². The molecule has 4 N–H and O–H groups in total. The average molecular weight is 206 g/mol. The molecule has 3 unspecified atom stereocenters. The standard InChI is InChI=1S/C8H22N2O2Si/c1-5-7(10)8(6(2)9)13(11-3)12-4/h6-8,13H,5,9-10H2,1-4H3. The molecule has 13 heavy (non-hydrogen) atoms. The maximum Gasteiger partial charge on any atom is 0.327 e. The third-order valence-corrected chi connectivity index (χ3v) is 5.01. The third kappa shape index (κ3) is 3.74. The number of rotatable bonds is 6. The molecule has 80 valence electrons. The van der Waals surface area contributed by atoms with Crippen molar-refractivity contribution in [3.63, 3.8) is 0 Å². The van der Waals surface area contributed by atoms with Gasteiger partial charge in [-0.3, -0.25) is 0 Å². The zero-order valence-corrected chi connectivity index (χ0v) is 10.1. The summed E-state index contributed by atoms with van der Waals surface area (Å²) in [5.74, 6) is 0. The van der Waals surface area contributed by atoms with E-state index in [4.69, 9.17) is 20.3 Å². The van der Waals surface area contributed by atoms with Gasteiger partial charge in [0, 0.05) is 31.8 Å². The van der Waals surface area contributed by atoms with Gasteiger partial charge in [0.1, 0.15) is 0 Å². The van der Waals surface area contributed by atoms with Crippen molar-refractivity contribution in [3.8, 4) is 0 Å². The van der Waals surface area contributed by atoms with E-state index in [1.165, 1.54) is 0 Å². The Morgan fingerprint density at radius 3 is 1.92 bits per heavy atom. The van der Waals surface area contributed by atoms with Crippen LogP contribution in [0.4, 0.5) is 0 Å². The molecular formula is C8H22N2O2Si. The molecule has 0 aromatic rings. The summed E-state index contributed by atoms with van der Waals surface area (Å²) < 4.78 is 10.6. The summed E-state index contributed by atoms with van der Waals surface area (Å²) in [4.78, 5) is 0. The Morgan fingerprint density at radius 1 is 1.23 bits per heavy atom. The molecule has 0 aliphatic heterocycles. The van der Waals surface area contributed by atoms with E-state index in [1.54, 1.807) is 14.2 Å². The van der Waals surface area contributed by atoms with Gasteiger partial charge < -0.3 is 20.3 Å². The normalized spacial score (nSPS) is 18.7. The molecule has 0 spiro atoms. The number of hydrogen-bond donors (Lipinski definition) is 2. The molecule has 0 aliphatic carbocycles. The van der Waals surface area contributed by atoms with Crippen molar-refractivity contribution in [1.29, 1.82) is 0 Å². The van der Waals surface area contributed by atoms with Crippen molar-refractivity contribution in [2.75, 3.05) is 14.2 Å². The highest BCUT2D eigenvalue weighted by Crippen LogP contribution is 2.20. The molecule has 0 radical (unpaired) electrons. The second-order valence-corrected chi connectivity index (χ2v) is 5.80. The van der Waals surface area contributed by atoms with Crippen molar-refractivity contribution in [2.24, 2.45) is 11.5 Å². The molecule has 0 saturated carbocycles. The molecule has 3 atom stereocenters. The van der Waals surface area contributed by atoms with Gasteiger partial charge >= 0.3 is 9.28 Å². The molecule has 0 amide bonds. The summed E-state index contributed by atoms with van der Waals surface area (Å²) in [6, 6.07) is 0.114. The molecule has 0 bridgehead atoms. The van der Waals surface area contributed by atoms with Crippen molar-refractivity contribution >= 4 is 9.28 Å². The van der Waals surface area contributed by atoms with Crippen LogP contribution in [-0.4, -0.2) is 35.6 Å². The van der Waals surface area contributed by atoms with E-state index < -0.39 is 9.28 Å². The van der Waals surface area contributed by atoms with Gasteiger partial charge in [0.05, 0.1) is 0 Å². The SMILES string of the molecule is CCC(N)C(C(C)N)[SiH](OC)OC. The first-order valence-electron chi connectivity index (χ1n) is 4.65. The quantitative estimate of drug-likeness (QED) is 0.598. The van der Waals surface area contributed by atoms with Crippen LogP contribution >= 0.6 is 0 Å². The molecule has 0 aliphatic rings. The van der Waals surface area contributed by atoms with E-state index >= 15 is 0 Å². The fourth-order valence-electron chi connectivity index (χ4n) is 1.52. The van der Waals surface area contributed by atoms with Crippen LogP contribution in [0.15, 0.2) is 0 Å². The lowest BCUT2D eigenvalue weighted by Crippen LogP contribution is -2.46. The van der Waals surface area contributed by atoms with Gasteiger partial charge in [0.2, 0.25) is 0 Å². The lowest BCUT2D eigenvalue weighted by atomic mass is 10.1. The van der Waals surface area contributed by atoms with Crippen LogP contribution in [0, 0.1) is 0 Å². The van der Waals surface area contributed by atoms with Crippen molar-refractivity contribution < 1.29 is 8.85 Å². The van der Waals surface area contributed by atoms with E-state index in [-0.39, 0.29) is 17.6 Å². The molecule has 0 saturated heterocycles. The first-order valence-corrected chi connectivity index (χ1v) is 6.26. The first kappa shape index (κ1) is 13.1. The fourth-order valence-corrected chi connectivity index (χ4v) is 3.51. The van der Waals surface area contributed by atoms with E-state index in [9.17, 15) is 0 Å². The molecule has 0 aromatic heterocycles. The Morgan fingerprint density at radius 2 is 1.69 bits per heavy atom. The minimum absolute atomic E-state index is 0.0338. The molecule has 0 heterocycles. The predicted molar refractivity (Wildman–Crippen MR) is 56.8 cm³/mol. The minimum Gasteiger partial charge on any atom is -0.400 e. The van der Waals surface area contributed by atoms with E-state index in [0.717, 1.165) is 6.42 Å². The zero-order chi connectivity index (χ0) is 10.4. The summed E-state index contributed by atoms with van der Waals surface area (Å²) in [7, 11) is 1.64. The molecule has 0 fully saturated rings. The van der Waals surface area contributed by atoms with Crippen LogP contribution in [-0.2, 0) is 8.85 Å². The Kier molecular flexibility index (Phi) is 6.53. The van der Waals surface area contributed by atoms with Crippen LogP contribution < -0.4 is 11.5 Å². The third-order valence-electron chi connectivity index (χ3n) is 2.35. The van der Waals surface area contributed by atoms with Gasteiger partial charge in [0.25, 0.3) is 0 Å². The molecule has 0 aromatic carbocycles. The highest BCUT2D eigenvalue weighted by molar-refractivity contribution is 6.46.